The van der Waals surface area contributed by atoms with Crippen LogP contribution in [0.25, 0.3) is 11.0 Å². The monoisotopic (exact) mass is 338 g/mol. The Morgan fingerprint density at radius 2 is 2.13 bits per heavy atom. The number of fused-ring (bicyclic) bond motifs is 1. The Morgan fingerprint density at radius 1 is 1.40 bits per heavy atom. The maximum absolute atomic E-state index is 12.7. The largest absolute Gasteiger partial charge is 0.332 e. The van der Waals surface area contributed by atoms with Crippen molar-refractivity contribution in [1.29, 1.82) is 0 Å². The molecule has 2 rings (SSSR count). The van der Waals surface area contributed by atoms with Crippen molar-refractivity contribution < 1.29 is 8.78 Å². The van der Waals surface area contributed by atoms with Gasteiger partial charge < -0.3 is 4.98 Å². The number of H-pyrrole nitrogens is 1. The summed E-state index contributed by atoms with van der Waals surface area (Å²) in [5.41, 5.74) is 1.70. The highest BCUT2D eigenvalue weighted by atomic mass is 79.9. The van der Waals surface area contributed by atoms with Crippen LogP contribution < -0.4 is 0 Å². The molecule has 1 N–H and O–H groups in total. The Hall–Kier alpha value is -0.490. The van der Waals surface area contributed by atoms with Gasteiger partial charge in [-0.15, -0.1) is 0 Å². The zero-order chi connectivity index (χ0) is 11.0. The molecule has 0 saturated heterocycles. The highest BCUT2D eigenvalue weighted by Crippen LogP contribution is 2.29. The Bertz CT molecular complexity index is 496. The number of rotatable bonds is 2. The first-order valence-electron chi connectivity index (χ1n) is 4.14. The van der Waals surface area contributed by atoms with Gasteiger partial charge in [-0.3, -0.25) is 0 Å². The molecule has 0 aliphatic rings. The van der Waals surface area contributed by atoms with E-state index >= 15 is 0 Å². The Morgan fingerprint density at radius 3 is 2.73 bits per heavy atom. The zero-order valence-electron chi connectivity index (χ0n) is 7.40. The van der Waals surface area contributed by atoms with E-state index in [4.69, 9.17) is 0 Å². The van der Waals surface area contributed by atoms with Crippen molar-refractivity contribution in [1.82, 2.24) is 9.97 Å². The summed E-state index contributed by atoms with van der Waals surface area (Å²) in [5.74, 6) is 0. The van der Waals surface area contributed by atoms with Crippen molar-refractivity contribution in [3.63, 3.8) is 0 Å². The van der Waals surface area contributed by atoms with E-state index < -0.39 is 6.43 Å². The van der Waals surface area contributed by atoms with Crippen molar-refractivity contribution >= 4 is 42.9 Å². The number of imidazole rings is 1. The average molecular weight is 340 g/mol. The van der Waals surface area contributed by atoms with E-state index in [-0.39, 0.29) is 5.56 Å². The molecule has 0 amide bonds. The van der Waals surface area contributed by atoms with Crippen LogP contribution >= 0.6 is 31.9 Å². The maximum atomic E-state index is 12.7. The van der Waals surface area contributed by atoms with Gasteiger partial charge in [0, 0.05) is 10.9 Å². The first-order chi connectivity index (χ1) is 7.11. The zero-order valence-corrected chi connectivity index (χ0v) is 10.6. The molecule has 15 heavy (non-hydrogen) atoms. The summed E-state index contributed by atoms with van der Waals surface area (Å²) in [6.07, 6.45) is -2.51. The fourth-order valence-electron chi connectivity index (χ4n) is 1.42. The van der Waals surface area contributed by atoms with Crippen LogP contribution in [0, 0.1) is 0 Å². The molecule has 1 heterocycles. The summed E-state index contributed by atoms with van der Waals surface area (Å²) in [4.78, 5) is 6.86. The normalized spacial score (nSPS) is 11.5. The standard InChI is InChI=1S/C9H6Br2F2N2/c10-3-4-1-5(8(12)13)7-6(2-4)14-9(11)15-7/h1-2,8H,3H2,(H,14,15). The molecule has 0 fully saturated rings. The number of nitrogens with zero attached hydrogens (tertiary/aromatic N) is 1. The lowest BCUT2D eigenvalue weighted by Crippen LogP contribution is -1.89. The molecule has 0 spiro atoms. The lowest BCUT2D eigenvalue weighted by molar-refractivity contribution is 0.153. The molecule has 0 aliphatic carbocycles. The molecule has 0 bridgehead atoms. The number of nitrogens with one attached hydrogen (secondary N) is 1. The van der Waals surface area contributed by atoms with E-state index in [0.29, 0.717) is 21.1 Å². The van der Waals surface area contributed by atoms with E-state index in [1.807, 2.05) is 0 Å². The van der Waals surface area contributed by atoms with Gasteiger partial charge in [-0.05, 0) is 33.6 Å². The molecule has 0 saturated carbocycles. The number of hydrogen-bond acceptors (Lipinski definition) is 1. The van der Waals surface area contributed by atoms with E-state index in [0.717, 1.165) is 5.56 Å². The van der Waals surface area contributed by atoms with Gasteiger partial charge in [0.25, 0.3) is 6.43 Å². The number of halogens is 4. The second kappa shape index (κ2) is 4.17. The van der Waals surface area contributed by atoms with Crippen LogP contribution in [0.15, 0.2) is 16.9 Å². The van der Waals surface area contributed by atoms with Crippen LogP contribution in [0.4, 0.5) is 8.78 Å². The second-order valence-corrected chi connectivity index (χ2v) is 4.36. The number of aromatic amines is 1. The Labute approximate surface area is 101 Å². The van der Waals surface area contributed by atoms with Crippen molar-refractivity contribution in [3.8, 4) is 0 Å². The maximum Gasteiger partial charge on any atom is 0.266 e. The SMILES string of the molecule is FC(F)c1cc(CBr)cc2[nH]c(Br)nc12. The van der Waals surface area contributed by atoms with Crippen LogP contribution in [0.5, 0.6) is 0 Å². The molecule has 0 radical (unpaired) electrons. The Balaban J connectivity index is 2.73. The number of hydrogen-bond donors (Lipinski definition) is 1. The van der Waals surface area contributed by atoms with Gasteiger partial charge in [0.05, 0.1) is 11.0 Å². The van der Waals surface area contributed by atoms with Crippen LogP contribution in [-0.4, -0.2) is 9.97 Å². The number of alkyl halides is 3. The van der Waals surface area contributed by atoms with Gasteiger partial charge in [0.1, 0.15) is 0 Å². The van der Waals surface area contributed by atoms with Gasteiger partial charge in [-0.1, -0.05) is 15.9 Å². The lowest BCUT2D eigenvalue weighted by Gasteiger charge is -2.03. The smallest absolute Gasteiger partial charge is 0.266 e. The molecule has 6 heteroatoms. The average Bonchev–Trinajstić information content (AvgIpc) is 2.55. The highest BCUT2D eigenvalue weighted by molar-refractivity contribution is 9.10. The minimum Gasteiger partial charge on any atom is -0.332 e. The lowest BCUT2D eigenvalue weighted by atomic mass is 10.1. The van der Waals surface area contributed by atoms with Gasteiger partial charge >= 0.3 is 0 Å². The number of benzene rings is 1. The molecular formula is C9H6Br2F2N2. The van der Waals surface area contributed by atoms with E-state index in [2.05, 4.69) is 41.8 Å². The minimum absolute atomic E-state index is 0.0381. The topological polar surface area (TPSA) is 28.7 Å². The van der Waals surface area contributed by atoms with Gasteiger partial charge in [0.2, 0.25) is 0 Å². The van der Waals surface area contributed by atoms with Crippen LogP contribution in [-0.2, 0) is 5.33 Å². The van der Waals surface area contributed by atoms with E-state index in [1.54, 1.807) is 6.07 Å². The third-order valence-corrected chi connectivity index (χ3v) is 3.06. The fourth-order valence-corrected chi connectivity index (χ4v) is 2.13. The first kappa shape index (κ1) is 11.0. The summed E-state index contributed by atoms with van der Waals surface area (Å²) in [6, 6.07) is 3.27. The molecular weight excluding hydrogens is 334 g/mol. The summed E-state index contributed by atoms with van der Waals surface area (Å²) in [6.45, 7) is 0. The third-order valence-electron chi connectivity index (χ3n) is 2.04. The summed E-state index contributed by atoms with van der Waals surface area (Å²) >= 11 is 6.37. The molecule has 0 atom stereocenters. The molecule has 1 aromatic heterocycles. The molecule has 0 unspecified atom stereocenters. The highest BCUT2D eigenvalue weighted by Gasteiger charge is 2.15. The fraction of sp³-hybridized carbons (Fsp3) is 0.222. The summed E-state index contributed by atoms with van der Waals surface area (Å²) in [7, 11) is 0. The first-order valence-corrected chi connectivity index (χ1v) is 6.05. The second-order valence-electron chi connectivity index (χ2n) is 3.04. The predicted octanol–water partition coefficient (Wildman–Crippen LogP) is 4.16. The van der Waals surface area contributed by atoms with Crippen molar-refractivity contribution in [2.75, 3.05) is 0 Å². The third kappa shape index (κ3) is 2.06. The van der Waals surface area contributed by atoms with Gasteiger partial charge in [-0.25, -0.2) is 13.8 Å². The quantitative estimate of drug-likeness (QED) is 0.818. The minimum atomic E-state index is -2.51. The van der Waals surface area contributed by atoms with Crippen molar-refractivity contribution in [2.24, 2.45) is 0 Å². The van der Waals surface area contributed by atoms with E-state index in [1.165, 1.54) is 6.07 Å². The van der Waals surface area contributed by atoms with Gasteiger partial charge in [-0.2, -0.15) is 0 Å². The van der Waals surface area contributed by atoms with Crippen LogP contribution in [0.2, 0.25) is 0 Å². The number of aromatic nitrogens is 2. The van der Waals surface area contributed by atoms with Gasteiger partial charge in [0.15, 0.2) is 4.73 Å². The summed E-state index contributed by atoms with van der Waals surface area (Å²) < 4.78 is 25.9. The molecule has 1 aromatic carbocycles. The molecule has 2 nitrogen and oxygen atoms in total. The molecule has 0 aliphatic heterocycles. The predicted molar refractivity (Wildman–Crippen MR) is 61.4 cm³/mol. The van der Waals surface area contributed by atoms with Crippen LogP contribution in [0.1, 0.15) is 17.6 Å². The van der Waals surface area contributed by atoms with Crippen molar-refractivity contribution in [2.45, 2.75) is 11.8 Å². The Kier molecular flexibility index (Phi) is 3.06. The van der Waals surface area contributed by atoms with E-state index in [9.17, 15) is 8.78 Å². The molecule has 80 valence electrons. The molecule has 2 aromatic rings. The van der Waals surface area contributed by atoms with Crippen molar-refractivity contribution in [3.05, 3.63) is 28.0 Å². The summed E-state index contributed by atoms with van der Waals surface area (Å²) in [5, 5.41) is 0.541. The van der Waals surface area contributed by atoms with Crippen LogP contribution in [0.3, 0.4) is 0 Å².